The predicted octanol–water partition coefficient (Wildman–Crippen LogP) is 0.0375. The summed E-state index contributed by atoms with van der Waals surface area (Å²) in [6.07, 6.45) is 0. The van der Waals surface area contributed by atoms with Gasteiger partial charge in [0.05, 0.1) is 5.56 Å². The number of rotatable bonds is 1. The van der Waals surface area contributed by atoms with Gasteiger partial charge >= 0.3 is 44.7 Å². The van der Waals surface area contributed by atoms with Crippen LogP contribution in [0, 0.1) is 0 Å². The monoisotopic (exact) mass is 275 g/mol. The molecule has 0 aliphatic heterocycles. The van der Waals surface area contributed by atoms with Gasteiger partial charge in [-0.05, 0) is 35.9 Å². The Morgan fingerprint density at radius 1 is 1.25 bits per heavy atom. The van der Waals surface area contributed by atoms with Crippen LogP contribution in [0.2, 0.25) is 0 Å². The van der Waals surface area contributed by atoms with Crippen molar-refractivity contribution in [1.82, 2.24) is 0 Å². The molecule has 0 heterocycles. The SMILES string of the molecule is Nc1ccc(C(=O)O)cc1.O=S(=O)(O)S.[NaH]. The van der Waals surface area contributed by atoms with Crippen LogP contribution in [0.5, 0.6) is 0 Å². The van der Waals surface area contributed by atoms with Crippen molar-refractivity contribution in [3.05, 3.63) is 29.8 Å². The summed E-state index contributed by atoms with van der Waals surface area (Å²) in [6.45, 7) is 0. The van der Waals surface area contributed by atoms with Crippen molar-refractivity contribution >= 4 is 62.0 Å². The average molecular weight is 275 g/mol. The number of benzene rings is 1. The van der Waals surface area contributed by atoms with E-state index in [0.29, 0.717) is 5.69 Å². The van der Waals surface area contributed by atoms with Crippen molar-refractivity contribution in [3.63, 3.8) is 0 Å². The molecule has 0 atom stereocenters. The number of aromatic carboxylic acids is 1. The van der Waals surface area contributed by atoms with Gasteiger partial charge in [0.25, 0.3) is 0 Å². The van der Waals surface area contributed by atoms with Crippen molar-refractivity contribution in [2.75, 3.05) is 5.73 Å². The van der Waals surface area contributed by atoms with Crippen molar-refractivity contribution in [3.8, 4) is 0 Å². The molecule has 0 aromatic heterocycles. The van der Waals surface area contributed by atoms with Crippen molar-refractivity contribution in [2.45, 2.75) is 0 Å². The Morgan fingerprint density at radius 3 is 1.81 bits per heavy atom. The van der Waals surface area contributed by atoms with Crippen LogP contribution < -0.4 is 5.73 Å². The van der Waals surface area contributed by atoms with Crippen LogP contribution in [0.3, 0.4) is 0 Å². The van der Waals surface area contributed by atoms with E-state index >= 15 is 0 Å². The van der Waals surface area contributed by atoms with Gasteiger partial charge in [0.1, 0.15) is 0 Å². The van der Waals surface area contributed by atoms with Crippen LogP contribution in [0.15, 0.2) is 24.3 Å². The first-order valence-electron chi connectivity index (χ1n) is 3.49. The molecule has 0 saturated heterocycles. The molecule has 0 amide bonds. The van der Waals surface area contributed by atoms with Gasteiger partial charge in [0, 0.05) is 5.69 Å². The van der Waals surface area contributed by atoms with Crippen LogP contribution >= 0.6 is 11.7 Å². The van der Waals surface area contributed by atoms with Gasteiger partial charge in [-0.1, -0.05) is 0 Å². The maximum atomic E-state index is 10.3. The standard InChI is InChI=1S/C7H7NO2.Na.H2O3S2.H/c8-6-3-1-5(2-4-6)7(9)10;;1-5(2,3)4;/h1-4H,8H2,(H,9,10);;(H2,1,2,3,4);. The number of carboxylic acid groups (broad SMARTS) is 1. The zero-order valence-corrected chi connectivity index (χ0v) is 9.07. The normalized spacial score (nSPS) is 9.38. The van der Waals surface area contributed by atoms with Gasteiger partial charge in [-0.3, -0.25) is 4.55 Å². The molecule has 1 aromatic carbocycles. The minimum absolute atomic E-state index is 0. The van der Waals surface area contributed by atoms with Gasteiger partial charge in [0.15, 0.2) is 0 Å². The summed E-state index contributed by atoms with van der Waals surface area (Å²) in [4.78, 5) is 10.3. The van der Waals surface area contributed by atoms with Gasteiger partial charge in [0.2, 0.25) is 0 Å². The summed E-state index contributed by atoms with van der Waals surface area (Å²) in [5.74, 6) is -0.931. The third-order valence-corrected chi connectivity index (χ3v) is 1.16. The molecule has 4 N–H and O–H groups in total. The molecule has 0 fully saturated rings. The number of hydrogen-bond acceptors (Lipinski definition) is 4. The minimum atomic E-state index is -3.97. The van der Waals surface area contributed by atoms with E-state index in [4.69, 9.17) is 23.8 Å². The molecule has 0 aliphatic carbocycles. The molecular formula is C7H10NNaO5S2. The first-order chi connectivity index (χ1) is 6.70. The molecule has 0 bridgehead atoms. The van der Waals surface area contributed by atoms with Crippen molar-refractivity contribution < 1.29 is 22.9 Å². The molecule has 1 aromatic rings. The quantitative estimate of drug-likeness (QED) is 0.189. The number of hydrogen-bond donors (Lipinski definition) is 4. The zero-order chi connectivity index (χ0) is 12.1. The maximum absolute atomic E-state index is 10.3. The fourth-order valence-electron chi connectivity index (χ4n) is 0.626. The summed E-state index contributed by atoms with van der Waals surface area (Å²) < 4.78 is 25.5. The number of nitrogens with two attached hydrogens (primary N) is 1. The third kappa shape index (κ3) is 11.8. The van der Waals surface area contributed by atoms with Crippen LogP contribution in [0.1, 0.15) is 10.4 Å². The molecule has 1 rings (SSSR count). The number of carboxylic acids is 1. The van der Waals surface area contributed by atoms with E-state index in [0.717, 1.165) is 0 Å². The van der Waals surface area contributed by atoms with E-state index in [2.05, 4.69) is 11.7 Å². The van der Waals surface area contributed by atoms with Gasteiger partial charge in [-0.2, -0.15) is 8.42 Å². The number of carbonyl (C=O) groups is 1. The van der Waals surface area contributed by atoms with Crippen molar-refractivity contribution in [2.24, 2.45) is 0 Å². The summed E-state index contributed by atoms with van der Waals surface area (Å²) in [5.41, 5.74) is 6.17. The Hall–Kier alpha value is -0.250. The number of thiol groups is 1. The average Bonchev–Trinajstić information content (AvgIpc) is 2.01. The Kier molecular flexibility index (Phi) is 8.99. The molecule has 0 spiro atoms. The Balaban J connectivity index is 0. The fourth-order valence-corrected chi connectivity index (χ4v) is 0.626. The number of anilines is 1. The predicted molar refractivity (Wildman–Crippen MR) is 65.5 cm³/mol. The van der Waals surface area contributed by atoms with E-state index < -0.39 is 15.1 Å². The van der Waals surface area contributed by atoms with E-state index in [1.54, 1.807) is 12.1 Å². The molecule has 6 nitrogen and oxygen atoms in total. The van der Waals surface area contributed by atoms with Gasteiger partial charge < -0.3 is 10.8 Å². The van der Waals surface area contributed by atoms with Crippen LogP contribution in [0.4, 0.5) is 5.69 Å². The summed E-state index contributed by atoms with van der Waals surface area (Å²) in [6, 6.07) is 6.06. The molecule has 0 aliphatic rings. The Bertz CT molecular complexity index is 423. The van der Waals surface area contributed by atoms with Crippen LogP contribution in [0.25, 0.3) is 0 Å². The summed E-state index contributed by atoms with van der Waals surface area (Å²) in [7, 11) is -3.97. The topological polar surface area (TPSA) is 118 Å². The molecule has 86 valence electrons. The van der Waals surface area contributed by atoms with E-state index in [1.807, 2.05) is 0 Å². The molecule has 0 radical (unpaired) electrons. The molecular weight excluding hydrogens is 265 g/mol. The molecule has 0 unspecified atom stereocenters. The fraction of sp³-hybridized carbons (Fsp3) is 0. The zero-order valence-electron chi connectivity index (χ0n) is 7.36. The van der Waals surface area contributed by atoms with Crippen LogP contribution in [-0.2, 0) is 9.15 Å². The second-order valence-electron chi connectivity index (χ2n) is 2.37. The first kappa shape index (κ1) is 18.1. The van der Waals surface area contributed by atoms with Crippen LogP contribution in [-0.4, -0.2) is 53.6 Å². The first-order valence-corrected chi connectivity index (χ1v) is 5.98. The summed E-state index contributed by atoms with van der Waals surface area (Å²) >= 11 is 2.65. The third-order valence-electron chi connectivity index (χ3n) is 1.16. The van der Waals surface area contributed by atoms with E-state index in [9.17, 15) is 4.79 Å². The van der Waals surface area contributed by atoms with Gasteiger partial charge in [-0.15, -0.1) is 0 Å². The molecule has 16 heavy (non-hydrogen) atoms. The second-order valence-corrected chi connectivity index (χ2v) is 4.65. The summed E-state index contributed by atoms with van der Waals surface area (Å²) in [5, 5.41) is 8.43. The molecule has 0 saturated carbocycles. The van der Waals surface area contributed by atoms with Gasteiger partial charge in [-0.25, -0.2) is 4.79 Å². The Labute approximate surface area is 120 Å². The molecule has 9 heteroatoms. The second kappa shape index (κ2) is 7.93. The van der Waals surface area contributed by atoms with E-state index in [1.165, 1.54) is 12.1 Å². The number of nitrogen functional groups attached to an aromatic ring is 1. The Morgan fingerprint density at radius 2 is 1.56 bits per heavy atom. The van der Waals surface area contributed by atoms with Crippen molar-refractivity contribution in [1.29, 1.82) is 0 Å². The van der Waals surface area contributed by atoms with E-state index in [-0.39, 0.29) is 35.1 Å².